The summed E-state index contributed by atoms with van der Waals surface area (Å²) in [6.07, 6.45) is 2.85. The lowest BCUT2D eigenvalue weighted by atomic mass is 9.93. The molecule has 1 aliphatic rings. The Balaban J connectivity index is 2.17. The Bertz CT molecular complexity index is 442. The number of hydrogen-bond donors (Lipinski definition) is 2. The van der Waals surface area contributed by atoms with Crippen LogP contribution in [0.15, 0.2) is 18.2 Å². The zero-order valence-electron chi connectivity index (χ0n) is 11.4. The van der Waals surface area contributed by atoms with Gasteiger partial charge in [-0.05, 0) is 36.6 Å². The van der Waals surface area contributed by atoms with Gasteiger partial charge in [0.2, 0.25) is 5.91 Å². The van der Waals surface area contributed by atoms with E-state index in [0.717, 1.165) is 17.7 Å². The Kier molecular flexibility index (Phi) is 4.02. The van der Waals surface area contributed by atoms with Crippen LogP contribution in [0.5, 0.6) is 0 Å². The van der Waals surface area contributed by atoms with Crippen molar-refractivity contribution in [3.8, 4) is 0 Å². The van der Waals surface area contributed by atoms with E-state index in [9.17, 15) is 4.79 Å². The van der Waals surface area contributed by atoms with Crippen molar-refractivity contribution >= 4 is 11.6 Å². The molecule has 3 nitrogen and oxygen atoms in total. The first kappa shape index (κ1) is 13.1. The maximum absolute atomic E-state index is 11.3. The van der Waals surface area contributed by atoms with Gasteiger partial charge in [0.15, 0.2) is 0 Å². The molecule has 2 atom stereocenters. The highest BCUT2D eigenvalue weighted by atomic mass is 16.1. The molecule has 0 saturated heterocycles. The number of nitrogens with one attached hydrogen (secondary N) is 2. The van der Waals surface area contributed by atoms with Gasteiger partial charge in [0, 0.05) is 11.7 Å². The van der Waals surface area contributed by atoms with Crippen LogP contribution >= 0.6 is 0 Å². The highest BCUT2D eigenvalue weighted by Gasteiger charge is 2.20. The number of benzene rings is 1. The Morgan fingerprint density at radius 3 is 2.89 bits per heavy atom. The van der Waals surface area contributed by atoms with E-state index >= 15 is 0 Å². The highest BCUT2D eigenvalue weighted by molar-refractivity contribution is 5.99. The summed E-state index contributed by atoms with van der Waals surface area (Å²) in [5, 5.41) is 6.25. The summed E-state index contributed by atoms with van der Waals surface area (Å²) in [4.78, 5) is 11.3. The van der Waals surface area contributed by atoms with Crippen LogP contribution < -0.4 is 10.6 Å². The molecule has 1 aromatic rings. The minimum absolute atomic E-state index is 0.102. The molecule has 1 aromatic carbocycles. The van der Waals surface area contributed by atoms with Gasteiger partial charge in [-0.3, -0.25) is 4.79 Å². The standard InChI is InChI=1S/C15H22N2O/c1-4-10(2)7-14(16-3)11-5-6-13-12(8-11)9-15(18)17-13/h5-6,8,10,14,16H,4,7,9H2,1-3H3,(H,17,18). The van der Waals surface area contributed by atoms with Crippen LogP contribution in [0.2, 0.25) is 0 Å². The maximum Gasteiger partial charge on any atom is 0.228 e. The van der Waals surface area contributed by atoms with Crippen molar-refractivity contribution < 1.29 is 4.79 Å². The number of hydrogen-bond acceptors (Lipinski definition) is 2. The number of carbonyl (C=O) groups is 1. The van der Waals surface area contributed by atoms with Crippen molar-refractivity contribution in [1.29, 1.82) is 0 Å². The molecule has 0 aliphatic carbocycles. The fraction of sp³-hybridized carbons (Fsp3) is 0.533. The van der Waals surface area contributed by atoms with E-state index in [1.165, 1.54) is 12.0 Å². The summed E-state index contributed by atoms with van der Waals surface area (Å²) in [5.41, 5.74) is 3.39. The third-order valence-electron chi connectivity index (χ3n) is 3.84. The molecule has 18 heavy (non-hydrogen) atoms. The van der Waals surface area contributed by atoms with Gasteiger partial charge < -0.3 is 10.6 Å². The largest absolute Gasteiger partial charge is 0.326 e. The van der Waals surface area contributed by atoms with Gasteiger partial charge in [0.1, 0.15) is 0 Å². The minimum atomic E-state index is 0.102. The van der Waals surface area contributed by atoms with Crippen LogP contribution in [0, 0.1) is 5.92 Å². The predicted octanol–water partition coefficient (Wildman–Crippen LogP) is 2.88. The maximum atomic E-state index is 11.3. The van der Waals surface area contributed by atoms with Crippen LogP contribution in [0.3, 0.4) is 0 Å². The summed E-state index contributed by atoms with van der Waals surface area (Å²) in [6.45, 7) is 4.51. The second kappa shape index (κ2) is 5.53. The lowest BCUT2D eigenvalue weighted by molar-refractivity contribution is -0.115. The monoisotopic (exact) mass is 246 g/mol. The van der Waals surface area contributed by atoms with E-state index < -0.39 is 0 Å². The van der Waals surface area contributed by atoms with Gasteiger partial charge in [0.25, 0.3) is 0 Å². The van der Waals surface area contributed by atoms with Crippen LogP contribution in [0.25, 0.3) is 0 Å². The zero-order chi connectivity index (χ0) is 13.1. The van der Waals surface area contributed by atoms with Crippen LogP contribution in [-0.4, -0.2) is 13.0 Å². The van der Waals surface area contributed by atoms with E-state index in [1.807, 2.05) is 13.1 Å². The van der Waals surface area contributed by atoms with Gasteiger partial charge in [0.05, 0.1) is 6.42 Å². The van der Waals surface area contributed by atoms with Gasteiger partial charge in [-0.25, -0.2) is 0 Å². The normalized spacial score (nSPS) is 17.2. The number of fused-ring (bicyclic) bond motifs is 1. The first-order valence-electron chi connectivity index (χ1n) is 6.74. The summed E-state index contributed by atoms with van der Waals surface area (Å²) in [6, 6.07) is 6.68. The topological polar surface area (TPSA) is 41.1 Å². The fourth-order valence-electron chi connectivity index (χ4n) is 2.46. The summed E-state index contributed by atoms with van der Waals surface area (Å²) >= 11 is 0. The Morgan fingerprint density at radius 1 is 1.44 bits per heavy atom. The van der Waals surface area contributed by atoms with Crippen molar-refractivity contribution in [3.05, 3.63) is 29.3 Å². The molecule has 98 valence electrons. The third kappa shape index (κ3) is 2.72. The van der Waals surface area contributed by atoms with Gasteiger partial charge in [-0.15, -0.1) is 0 Å². The molecule has 2 rings (SSSR count). The first-order valence-corrected chi connectivity index (χ1v) is 6.74. The molecule has 0 saturated carbocycles. The van der Waals surface area contributed by atoms with Crippen LogP contribution in [0.1, 0.15) is 43.9 Å². The molecule has 0 fully saturated rings. The predicted molar refractivity (Wildman–Crippen MR) is 74.6 cm³/mol. The lowest BCUT2D eigenvalue weighted by Crippen LogP contribution is -2.19. The quantitative estimate of drug-likeness (QED) is 0.838. The second-order valence-electron chi connectivity index (χ2n) is 5.23. The smallest absolute Gasteiger partial charge is 0.228 e. The highest BCUT2D eigenvalue weighted by Crippen LogP contribution is 2.29. The fourth-order valence-corrected chi connectivity index (χ4v) is 2.46. The summed E-state index contributed by atoms with van der Waals surface area (Å²) in [5.74, 6) is 0.806. The van der Waals surface area contributed by atoms with E-state index in [2.05, 4.69) is 36.6 Å². The minimum Gasteiger partial charge on any atom is -0.326 e. The third-order valence-corrected chi connectivity index (χ3v) is 3.84. The molecule has 2 N–H and O–H groups in total. The number of carbonyl (C=O) groups excluding carboxylic acids is 1. The molecule has 1 amide bonds. The molecule has 0 spiro atoms. The Hall–Kier alpha value is -1.35. The van der Waals surface area contributed by atoms with Crippen LogP contribution in [-0.2, 0) is 11.2 Å². The average Bonchev–Trinajstić information content (AvgIpc) is 2.74. The molecule has 0 radical (unpaired) electrons. The summed E-state index contributed by atoms with van der Waals surface area (Å²) in [7, 11) is 2.00. The Labute approximate surface area is 109 Å². The number of anilines is 1. The summed E-state index contributed by atoms with van der Waals surface area (Å²) < 4.78 is 0. The van der Waals surface area contributed by atoms with Crippen molar-refractivity contribution in [2.24, 2.45) is 5.92 Å². The number of rotatable bonds is 5. The van der Waals surface area contributed by atoms with Crippen molar-refractivity contribution in [1.82, 2.24) is 5.32 Å². The Morgan fingerprint density at radius 2 is 2.22 bits per heavy atom. The lowest BCUT2D eigenvalue weighted by Gasteiger charge is -2.20. The van der Waals surface area contributed by atoms with Crippen LogP contribution in [0.4, 0.5) is 5.69 Å². The molecular formula is C15H22N2O. The molecule has 1 aliphatic heterocycles. The van der Waals surface area contributed by atoms with E-state index in [4.69, 9.17) is 0 Å². The molecule has 1 heterocycles. The van der Waals surface area contributed by atoms with Gasteiger partial charge >= 0.3 is 0 Å². The SMILES string of the molecule is CCC(C)CC(NC)c1ccc2c(c1)CC(=O)N2. The van der Waals surface area contributed by atoms with Crippen molar-refractivity contribution in [2.75, 3.05) is 12.4 Å². The van der Waals surface area contributed by atoms with Crippen molar-refractivity contribution in [2.45, 2.75) is 39.2 Å². The van der Waals surface area contributed by atoms with Crippen molar-refractivity contribution in [3.63, 3.8) is 0 Å². The second-order valence-corrected chi connectivity index (χ2v) is 5.23. The first-order chi connectivity index (χ1) is 8.63. The molecule has 3 heteroatoms. The molecule has 0 aromatic heterocycles. The number of amides is 1. The molecule has 0 bridgehead atoms. The molecule has 2 unspecified atom stereocenters. The van der Waals surface area contributed by atoms with Gasteiger partial charge in [-0.1, -0.05) is 32.4 Å². The average molecular weight is 246 g/mol. The van der Waals surface area contributed by atoms with E-state index in [1.54, 1.807) is 0 Å². The van der Waals surface area contributed by atoms with Gasteiger partial charge in [-0.2, -0.15) is 0 Å². The van der Waals surface area contributed by atoms with E-state index in [0.29, 0.717) is 18.4 Å². The van der Waals surface area contributed by atoms with E-state index in [-0.39, 0.29) is 5.91 Å². The molecular weight excluding hydrogens is 224 g/mol. The zero-order valence-corrected chi connectivity index (χ0v) is 11.4.